The molecule has 0 aliphatic carbocycles. The predicted molar refractivity (Wildman–Crippen MR) is 78.0 cm³/mol. The number of carbonyl (C=O) groups is 1. The van der Waals surface area contributed by atoms with E-state index in [1.807, 2.05) is 38.1 Å². The lowest BCUT2D eigenvalue weighted by atomic mass is 10.1. The lowest BCUT2D eigenvalue weighted by Gasteiger charge is -2.10. The number of benzene rings is 1. The summed E-state index contributed by atoms with van der Waals surface area (Å²) in [5, 5.41) is 9.15. The number of aromatic carboxylic acids is 1. The Balaban J connectivity index is 2.44. The zero-order chi connectivity index (χ0) is 14.0. The van der Waals surface area contributed by atoms with Crippen LogP contribution in [0.5, 0.6) is 5.75 Å². The van der Waals surface area contributed by atoms with Gasteiger partial charge in [0.2, 0.25) is 0 Å². The van der Waals surface area contributed by atoms with Crippen molar-refractivity contribution in [3.63, 3.8) is 0 Å². The first-order chi connectivity index (χ1) is 8.97. The molecule has 1 aromatic heterocycles. The molecule has 6 heteroatoms. The van der Waals surface area contributed by atoms with Crippen LogP contribution in [0.4, 0.5) is 0 Å². The number of halogens is 1. The second-order valence-corrected chi connectivity index (χ2v) is 6.42. The van der Waals surface area contributed by atoms with Gasteiger partial charge in [0.05, 0.1) is 11.0 Å². The fourth-order valence-corrected chi connectivity index (χ4v) is 3.06. The Morgan fingerprint density at radius 3 is 2.84 bits per heavy atom. The van der Waals surface area contributed by atoms with Crippen LogP contribution in [-0.4, -0.2) is 22.2 Å². The Bertz CT molecular complexity index is 610. The Kier molecular flexibility index (Phi) is 4.21. The zero-order valence-corrected chi connectivity index (χ0v) is 12.8. The van der Waals surface area contributed by atoms with Crippen molar-refractivity contribution < 1.29 is 14.6 Å². The zero-order valence-electron chi connectivity index (χ0n) is 10.4. The van der Waals surface area contributed by atoms with Gasteiger partial charge in [0.15, 0.2) is 9.61 Å². The van der Waals surface area contributed by atoms with Crippen LogP contribution in [0.2, 0.25) is 0 Å². The molecule has 0 radical (unpaired) electrons. The molecule has 2 aromatic rings. The van der Waals surface area contributed by atoms with E-state index < -0.39 is 5.97 Å². The largest absolute Gasteiger partial charge is 0.491 e. The van der Waals surface area contributed by atoms with Gasteiger partial charge in [0, 0.05) is 0 Å². The number of carboxylic acids is 1. The number of aromatic nitrogens is 1. The number of carboxylic acid groups (broad SMARTS) is 1. The third-order valence-electron chi connectivity index (χ3n) is 2.27. The van der Waals surface area contributed by atoms with Gasteiger partial charge in [-0.1, -0.05) is 12.1 Å². The standard InChI is InChI=1S/C13H12BrNO3S/c1-7(2)18-9-5-3-4-8(6-9)11-10(12(16)17)15-13(14)19-11/h3-7H,1-2H3,(H,16,17). The molecule has 2 rings (SSSR count). The maximum Gasteiger partial charge on any atom is 0.356 e. The van der Waals surface area contributed by atoms with E-state index in [-0.39, 0.29) is 11.8 Å². The minimum absolute atomic E-state index is 0.0542. The first kappa shape index (κ1) is 14.0. The molecule has 19 heavy (non-hydrogen) atoms. The van der Waals surface area contributed by atoms with Crippen LogP contribution in [0, 0.1) is 0 Å². The Hall–Kier alpha value is -1.40. The van der Waals surface area contributed by atoms with Gasteiger partial charge in [-0.25, -0.2) is 9.78 Å². The molecule has 0 fully saturated rings. The van der Waals surface area contributed by atoms with Crippen molar-refractivity contribution in [2.75, 3.05) is 0 Å². The Morgan fingerprint density at radius 2 is 2.21 bits per heavy atom. The highest BCUT2D eigenvalue weighted by Crippen LogP contribution is 2.34. The van der Waals surface area contributed by atoms with Crippen molar-refractivity contribution in [3.05, 3.63) is 33.9 Å². The van der Waals surface area contributed by atoms with Crippen LogP contribution in [0.1, 0.15) is 24.3 Å². The average Bonchev–Trinajstić information content (AvgIpc) is 2.71. The van der Waals surface area contributed by atoms with Gasteiger partial charge in [0.25, 0.3) is 0 Å². The van der Waals surface area contributed by atoms with Gasteiger partial charge in [-0.15, -0.1) is 11.3 Å². The van der Waals surface area contributed by atoms with Crippen LogP contribution in [-0.2, 0) is 0 Å². The van der Waals surface area contributed by atoms with Gasteiger partial charge in [0.1, 0.15) is 5.75 Å². The summed E-state index contributed by atoms with van der Waals surface area (Å²) >= 11 is 4.51. The van der Waals surface area contributed by atoms with E-state index in [1.165, 1.54) is 11.3 Å². The van der Waals surface area contributed by atoms with Crippen LogP contribution in [0.3, 0.4) is 0 Å². The third kappa shape index (κ3) is 3.33. The first-order valence-corrected chi connectivity index (χ1v) is 7.25. The third-order valence-corrected chi connectivity index (χ3v) is 3.83. The van der Waals surface area contributed by atoms with Crippen molar-refractivity contribution in [1.82, 2.24) is 4.98 Å². The molecular formula is C13H12BrNO3S. The van der Waals surface area contributed by atoms with Crippen molar-refractivity contribution in [2.24, 2.45) is 0 Å². The lowest BCUT2D eigenvalue weighted by Crippen LogP contribution is -2.05. The molecule has 1 N–H and O–H groups in total. The first-order valence-electron chi connectivity index (χ1n) is 5.64. The lowest BCUT2D eigenvalue weighted by molar-refractivity contribution is 0.0692. The summed E-state index contributed by atoms with van der Waals surface area (Å²) in [4.78, 5) is 15.8. The molecule has 1 heterocycles. The van der Waals surface area contributed by atoms with Gasteiger partial charge in [-0.3, -0.25) is 0 Å². The minimum Gasteiger partial charge on any atom is -0.491 e. The Labute approximate surface area is 123 Å². The Morgan fingerprint density at radius 1 is 1.47 bits per heavy atom. The SMILES string of the molecule is CC(C)Oc1cccc(-c2sc(Br)nc2C(=O)O)c1. The number of rotatable bonds is 4. The molecule has 0 atom stereocenters. The maximum atomic E-state index is 11.2. The quantitative estimate of drug-likeness (QED) is 0.910. The fourth-order valence-electron chi connectivity index (χ4n) is 1.62. The summed E-state index contributed by atoms with van der Waals surface area (Å²) in [6.45, 7) is 3.89. The summed E-state index contributed by atoms with van der Waals surface area (Å²) in [6, 6.07) is 7.36. The van der Waals surface area contributed by atoms with Crippen molar-refractivity contribution in [2.45, 2.75) is 20.0 Å². The molecule has 0 saturated carbocycles. The summed E-state index contributed by atoms with van der Waals surface area (Å²) in [5.74, 6) is -0.319. The molecule has 0 spiro atoms. The van der Waals surface area contributed by atoms with Crippen molar-refractivity contribution in [1.29, 1.82) is 0 Å². The summed E-state index contributed by atoms with van der Waals surface area (Å²) in [5.41, 5.74) is 0.845. The van der Waals surface area contributed by atoms with E-state index in [1.54, 1.807) is 0 Å². The van der Waals surface area contributed by atoms with E-state index in [9.17, 15) is 4.79 Å². The molecule has 0 unspecified atom stereocenters. The second kappa shape index (κ2) is 5.71. The summed E-state index contributed by atoms with van der Waals surface area (Å²) in [6.07, 6.45) is 0.0717. The number of thiazole rings is 1. The summed E-state index contributed by atoms with van der Waals surface area (Å²) < 4.78 is 6.16. The van der Waals surface area contributed by atoms with Gasteiger partial charge in [-0.05, 0) is 47.5 Å². The highest BCUT2D eigenvalue weighted by molar-refractivity contribution is 9.11. The number of ether oxygens (including phenoxy) is 1. The van der Waals surface area contributed by atoms with Crippen LogP contribution in [0.15, 0.2) is 28.2 Å². The van der Waals surface area contributed by atoms with E-state index in [0.717, 1.165) is 5.56 Å². The monoisotopic (exact) mass is 341 g/mol. The van der Waals surface area contributed by atoms with Gasteiger partial charge >= 0.3 is 5.97 Å². The van der Waals surface area contributed by atoms with Crippen molar-refractivity contribution in [3.8, 4) is 16.2 Å². The summed E-state index contributed by atoms with van der Waals surface area (Å²) in [7, 11) is 0. The second-order valence-electron chi connectivity index (χ2n) is 4.14. The molecular weight excluding hydrogens is 330 g/mol. The number of nitrogens with zero attached hydrogens (tertiary/aromatic N) is 1. The van der Waals surface area contributed by atoms with Gasteiger partial charge in [-0.2, -0.15) is 0 Å². The van der Waals surface area contributed by atoms with Crippen LogP contribution in [0.25, 0.3) is 10.4 Å². The molecule has 0 amide bonds. The number of hydrogen-bond donors (Lipinski definition) is 1. The van der Waals surface area contributed by atoms with Crippen molar-refractivity contribution >= 4 is 33.2 Å². The normalized spacial score (nSPS) is 10.7. The predicted octanol–water partition coefficient (Wildman–Crippen LogP) is 4.06. The van der Waals surface area contributed by atoms with Crippen LogP contribution < -0.4 is 4.74 Å². The van der Waals surface area contributed by atoms with Crippen LogP contribution >= 0.6 is 27.3 Å². The van der Waals surface area contributed by atoms with E-state index in [2.05, 4.69) is 20.9 Å². The molecule has 0 aliphatic heterocycles. The smallest absolute Gasteiger partial charge is 0.356 e. The average molecular weight is 342 g/mol. The molecule has 4 nitrogen and oxygen atoms in total. The fraction of sp³-hybridized carbons (Fsp3) is 0.231. The molecule has 1 aromatic carbocycles. The van der Waals surface area contributed by atoms with E-state index in [0.29, 0.717) is 14.5 Å². The maximum absolute atomic E-state index is 11.2. The molecule has 0 aliphatic rings. The molecule has 100 valence electrons. The molecule has 0 bridgehead atoms. The van der Waals surface area contributed by atoms with Gasteiger partial charge < -0.3 is 9.84 Å². The number of hydrogen-bond acceptors (Lipinski definition) is 4. The topological polar surface area (TPSA) is 59.4 Å². The minimum atomic E-state index is -1.04. The highest BCUT2D eigenvalue weighted by atomic mass is 79.9. The highest BCUT2D eigenvalue weighted by Gasteiger charge is 2.18. The van der Waals surface area contributed by atoms with E-state index in [4.69, 9.17) is 9.84 Å². The molecule has 0 saturated heterocycles. The van der Waals surface area contributed by atoms with E-state index >= 15 is 0 Å².